The van der Waals surface area contributed by atoms with E-state index in [4.69, 9.17) is 0 Å². The summed E-state index contributed by atoms with van der Waals surface area (Å²) in [5.74, 6) is -0.781. The summed E-state index contributed by atoms with van der Waals surface area (Å²) >= 11 is 0. The molecule has 0 radical (unpaired) electrons. The highest BCUT2D eigenvalue weighted by atomic mass is 16.5. The van der Waals surface area contributed by atoms with Gasteiger partial charge in [-0.2, -0.15) is 9.78 Å². The number of carbonyl (C=O) groups is 3. The first-order valence-corrected chi connectivity index (χ1v) is 14.3. The highest BCUT2D eigenvalue weighted by Gasteiger charge is 2.22. The maximum atomic E-state index is 13.4. The number of nitrogens with zero attached hydrogens (tertiary/aromatic N) is 6. The molecule has 13 heteroatoms. The first-order valence-electron chi connectivity index (χ1n) is 14.3. The number of aryl methyl sites for hydroxylation is 1. The van der Waals surface area contributed by atoms with E-state index < -0.39 is 18.0 Å². The summed E-state index contributed by atoms with van der Waals surface area (Å²) in [6.45, 7) is 1.96. The van der Waals surface area contributed by atoms with Crippen molar-refractivity contribution in [3.05, 3.63) is 119 Å². The van der Waals surface area contributed by atoms with E-state index in [0.29, 0.717) is 34.6 Å². The number of benzene rings is 3. The second kappa shape index (κ2) is 14.5. The number of anilines is 1. The number of methoxy groups -OCH3 is 1. The molecule has 5 aromatic rings. The Morgan fingerprint density at radius 2 is 1.76 bits per heavy atom. The van der Waals surface area contributed by atoms with Gasteiger partial charge in [0.25, 0.3) is 5.91 Å². The lowest BCUT2D eigenvalue weighted by atomic mass is 9.98. The van der Waals surface area contributed by atoms with E-state index in [1.165, 1.54) is 31.2 Å². The van der Waals surface area contributed by atoms with E-state index in [0.717, 1.165) is 16.7 Å². The third-order valence-electron chi connectivity index (χ3n) is 7.03. The van der Waals surface area contributed by atoms with Crippen LogP contribution in [0.15, 0.2) is 91.3 Å². The average Bonchev–Trinajstić information content (AvgIpc) is 3.62. The van der Waals surface area contributed by atoms with Crippen LogP contribution in [0.25, 0.3) is 22.9 Å². The number of ether oxygens (including phenoxy) is 1. The number of aromatic nitrogens is 6. The van der Waals surface area contributed by atoms with Crippen molar-refractivity contribution in [3.8, 4) is 16.8 Å². The molecular weight excluding hydrogens is 586 g/mol. The van der Waals surface area contributed by atoms with Crippen LogP contribution in [0.2, 0.25) is 0 Å². The normalized spacial score (nSPS) is 11.5. The summed E-state index contributed by atoms with van der Waals surface area (Å²) in [7, 11) is 2.79. The van der Waals surface area contributed by atoms with Crippen LogP contribution in [-0.4, -0.2) is 62.5 Å². The number of rotatable bonds is 10. The van der Waals surface area contributed by atoms with E-state index in [2.05, 4.69) is 46.4 Å². The van der Waals surface area contributed by atoms with Gasteiger partial charge >= 0.3 is 6.09 Å². The van der Waals surface area contributed by atoms with Gasteiger partial charge < -0.3 is 15.4 Å². The van der Waals surface area contributed by atoms with E-state index in [-0.39, 0.29) is 11.6 Å². The van der Waals surface area contributed by atoms with Gasteiger partial charge in [0.1, 0.15) is 6.33 Å². The molecule has 3 aromatic carbocycles. The van der Waals surface area contributed by atoms with Gasteiger partial charge in [-0.05, 0) is 71.3 Å². The summed E-state index contributed by atoms with van der Waals surface area (Å²) in [4.78, 5) is 37.8. The van der Waals surface area contributed by atoms with Crippen LogP contribution in [0.1, 0.15) is 38.9 Å². The predicted octanol–water partition coefficient (Wildman–Crippen LogP) is 4.08. The zero-order valence-electron chi connectivity index (χ0n) is 25.3. The van der Waals surface area contributed by atoms with Crippen LogP contribution in [0, 0.1) is 6.92 Å². The van der Waals surface area contributed by atoms with Crippen molar-refractivity contribution in [3.63, 3.8) is 0 Å². The van der Waals surface area contributed by atoms with Crippen LogP contribution in [-0.2, 0) is 16.0 Å². The van der Waals surface area contributed by atoms with Crippen LogP contribution in [0.5, 0.6) is 0 Å². The molecule has 3 N–H and O–H groups in total. The lowest BCUT2D eigenvalue weighted by Gasteiger charge is -2.19. The Morgan fingerprint density at radius 3 is 2.46 bits per heavy atom. The van der Waals surface area contributed by atoms with Crippen molar-refractivity contribution in [2.75, 3.05) is 19.5 Å². The molecule has 0 fully saturated rings. The Hall–Kier alpha value is -6.24. The van der Waals surface area contributed by atoms with Crippen molar-refractivity contribution >= 4 is 29.7 Å². The molecule has 0 aliphatic heterocycles. The fourth-order valence-electron chi connectivity index (χ4n) is 4.74. The maximum Gasteiger partial charge on any atom is 0.411 e. The zero-order chi connectivity index (χ0) is 32.5. The largest absolute Gasteiger partial charge is 0.453 e. The highest BCUT2D eigenvalue weighted by molar-refractivity contribution is 5.99. The SMILES string of the molecule is CNC(=O)c1nnc([C@H](Cc2ccccc2)NC(=O)/C=C/c2cc(C)ccc2-n2cnnn2)cc1-c1ccc(NC(=O)OC)cc1. The molecule has 1 atom stereocenters. The fraction of sp³-hybridized carbons (Fsp3) is 0.152. The molecule has 3 amide bonds. The summed E-state index contributed by atoms with van der Waals surface area (Å²) in [6, 6.07) is 23.4. The van der Waals surface area contributed by atoms with E-state index in [1.54, 1.807) is 36.4 Å². The van der Waals surface area contributed by atoms with Crippen LogP contribution >= 0.6 is 0 Å². The first-order chi connectivity index (χ1) is 22.3. The number of nitrogens with one attached hydrogen (secondary N) is 3. The zero-order valence-corrected chi connectivity index (χ0v) is 25.3. The molecule has 0 aliphatic rings. The van der Waals surface area contributed by atoms with Gasteiger partial charge in [-0.25, -0.2) is 4.79 Å². The second-order valence-electron chi connectivity index (χ2n) is 10.2. The van der Waals surface area contributed by atoms with Gasteiger partial charge in [0.2, 0.25) is 5.91 Å². The molecule has 0 saturated heterocycles. The number of carbonyl (C=O) groups excluding carboxylic acids is 3. The Balaban J connectivity index is 1.48. The number of tetrazole rings is 1. The van der Waals surface area contributed by atoms with Crippen molar-refractivity contribution < 1.29 is 19.1 Å². The van der Waals surface area contributed by atoms with E-state index in [1.807, 2.05) is 55.5 Å². The van der Waals surface area contributed by atoms with E-state index in [9.17, 15) is 14.4 Å². The van der Waals surface area contributed by atoms with Crippen molar-refractivity contribution in [2.24, 2.45) is 0 Å². The monoisotopic (exact) mass is 617 g/mol. The number of hydrogen-bond acceptors (Lipinski definition) is 9. The minimum absolute atomic E-state index is 0.110. The molecule has 2 heterocycles. The van der Waals surface area contributed by atoms with Crippen molar-refractivity contribution in [2.45, 2.75) is 19.4 Å². The lowest BCUT2D eigenvalue weighted by Crippen LogP contribution is -2.30. The maximum absolute atomic E-state index is 13.4. The first kappa shape index (κ1) is 31.2. The van der Waals surface area contributed by atoms with Crippen LogP contribution in [0.3, 0.4) is 0 Å². The lowest BCUT2D eigenvalue weighted by molar-refractivity contribution is -0.117. The third kappa shape index (κ3) is 7.63. The molecule has 0 saturated carbocycles. The van der Waals surface area contributed by atoms with Crippen LogP contribution in [0.4, 0.5) is 10.5 Å². The summed E-state index contributed by atoms with van der Waals surface area (Å²) in [6.07, 6.45) is 4.44. The summed E-state index contributed by atoms with van der Waals surface area (Å²) < 4.78 is 6.18. The van der Waals surface area contributed by atoms with Gasteiger partial charge in [-0.3, -0.25) is 14.9 Å². The fourth-order valence-corrected chi connectivity index (χ4v) is 4.74. The molecule has 0 unspecified atom stereocenters. The molecule has 5 rings (SSSR count). The Labute approximate surface area is 264 Å². The van der Waals surface area contributed by atoms with Gasteiger partial charge in [0.15, 0.2) is 5.69 Å². The highest BCUT2D eigenvalue weighted by Crippen LogP contribution is 2.28. The van der Waals surface area contributed by atoms with E-state index >= 15 is 0 Å². The van der Waals surface area contributed by atoms with Crippen molar-refractivity contribution in [1.29, 1.82) is 0 Å². The standard InChI is InChI=1S/C33H31N9O4/c1-21-9-15-29(42-20-35-40-41-42)24(17-21)12-16-30(43)37-27(18-22-7-5-4-6-8-22)28-19-26(31(39-38-28)32(44)34-2)23-10-13-25(14-11-23)36-33(45)46-3/h4-17,19-20,27H,18H2,1-3H3,(H,34,44)(H,36,45)(H,37,43)/b16-12+/t27-/m0/s1. The smallest absolute Gasteiger partial charge is 0.411 e. The topological polar surface area (TPSA) is 166 Å². The number of hydrogen-bond donors (Lipinski definition) is 3. The molecule has 0 aliphatic carbocycles. The molecule has 0 bridgehead atoms. The minimum atomic E-state index is -0.603. The molecule has 13 nitrogen and oxygen atoms in total. The van der Waals surface area contributed by atoms with Gasteiger partial charge in [0, 0.05) is 29.9 Å². The average molecular weight is 618 g/mol. The van der Waals surface area contributed by atoms with Crippen molar-refractivity contribution in [1.82, 2.24) is 41.0 Å². The third-order valence-corrected chi connectivity index (χ3v) is 7.03. The Morgan fingerprint density at radius 1 is 0.978 bits per heavy atom. The van der Waals surface area contributed by atoms with Gasteiger partial charge in [-0.15, -0.1) is 10.2 Å². The summed E-state index contributed by atoms with van der Waals surface area (Å²) in [5.41, 5.74) is 5.68. The molecule has 0 spiro atoms. The van der Waals surface area contributed by atoms with Crippen LogP contribution < -0.4 is 16.0 Å². The Bertz CT molecular complexity index is 1860. The number of amides is 3. The predicted molar refractivity (Wildman–Crippen MR) is 171 cm³/mol. The molecule has 2 aromatic heterocycles. The minimum Gasteiger partial charge on any atom is -0.453 e. The Kier molecular flexibility index (Phi) is 9.83. The molecule has 46 heavy (non-hydrogen) atoms. The molecule has 232 valence electrons. The van der Waals surface area contributed by atoms with Gasteiger partial charge in [-0.1, -0.05) is 54.1 Å². The van der Waals surface area contributed by atoms with Gasteiger partial charge in [0.05, 0.1) is 24.5 Å². The summed E-state index contributed by atoms with van der Waals surface area (Å²) in [5, 5.41) is 28.3. The molecular formula is C33H31N9O4. The quantitative estimate of drug-likeness (QED) is 0.196. The second-order valence-corrected chi connectivity index (χ2v) is 10.2.